The van der Waals surface area contributed by atoms with Crippen LogP contribution in [-0.4, -0.2) is 18.7 Å². The van der Waals surface area contributed by atoms with Gasteiger partial charge in [0.05, 0.1) is 0 Å². The highest BCUT2D eigenvalue weighted by Gasteiger charge is 2.30. The Morgan fingerprint density at radius 1 is 1.24 bits per heavy atom. The smallest absolute Gasteiger partial charge is 0.120 e. The van der Waals surface area contributed by atoms with Gasteiger partial charge in [0.2, 0.25) is 0 Å². The van der Waals surface area contributed by atoms with E-state index >= 15 is 0 Å². The molecule has 3 unspecified atom stereocenters. The van der Waals surface area contributed by atoms with Gasteiger partial charge in [-0.05, 0) is 55.3 Å². The maximum absolute atomic E-state index is 6.38. The fourth-order valence-electron chi connectivity index (χ4n) is 3.33. The average Bonchev–Trinajstić information content (AvgIpc) is 2.49. The number of likely N-dealkylation sites (N-methyl/N-ethyl adjacent to an activating group) is 1. The molecule has 2 heteroatoms. The highest BCUT2D eigenvalue weighted by Crippen LogP contribution is 2.31. The maximum Gasteiger partial charge on any atom is 0.120 e. The Hall–Kier alpha value is -1.02. The third kappa shape index (κ3) is 4.47. The van der Waals surface area contributed by atoms with Crippen molar-refractivity contribution in [3.8, 4) is 5.75 Å². The molecule has 0 aromatic heterocycles. The lowest BCUT2D eigenvalue weighted by Crippen LogP contribution is -2.47. The molecule has 1 saturated carbocycles. The third-order valence-corrected chi connectivity index (χ3v) is 4.76. The summed E-state index contributed by atoms with van der Waals surface area (Å²) < 4.78 is 6.38. The Labute approximate surface area is 130 Å². The summed E-state index contributed by atoms with van der Waals surface area (Å²) in [5.41, 5.74) is 1.36. The van der Waals surface area contributed by atoms with Crippen molar-refractivity contribution in [2.75, 3.05) is 6.54 Å². The minimum Gasteiger partial charge on any atom is -0.489 e. The van der Waals surface area contributed by atoms with E-state index in [9.17, 15) is 0 Å². The number of nitrogens with one attached hydrogen (secondary N) is 1. The summed E-state index contributed by atoms with van der Waals surface area (Å²) in [7, 11) is 0. The highest BCUT2D eigenvalue weighted by molar-refractivity contribution is 5.30. The zero-order chi connectivity index (χ0) is 15.2. The molecule has 0 amide bonds. The molecule has 1 fully saturated rings. The normalized spacial score (nSPS) is 26.0. The molecule has 2 rings (SSSR count). The number of hydrogen-bond acceptors (Lipinski definition) is 2. The third-order valence-electron chi connectivity index (χ3n) is 4.76. The molecule has 21 heavy (non-hydrogen) atoms. The van der Waals surface area contributed by atoms with Crippen LogP contribution in [0.15, 0.2) is 24.3 Å². The van der Waals surface area contributed by atoms with Gasteiger partial charge in [0.25, 0.3) is 0 Å². The lowest BCUT2D eigenvalue weighted by molar-refractivity contribution is 0.0855. The minimum atomic E-state index is 0.311. The van der Waals surface area contributed by atoms with Crippen LogP contribution in [0.3, 0.4) is 0 Å². The Balaban J connectivity index is 2.08. The molecule has 1 N–H and O–H groups in total. The van der Waals surface area contributed by atoms with E-state index < -0.39 is 0 Å². The van der Waals surface area contributed by atoms with Crippen LogP contribution >= 0.6 is 0 Å². The van der Waals surface area contributed by atoms with Crippen LogP contribution in [0.4, 0.5) is 0 Å². The number of ether oxygens (including phenoxy) is 1. The second-order valence-electron chi connectivity index (χ2n) is 6.63. The predicted molar refractivity (Wildman–Crippen MR) is 90.0 cm³/mol. The molecular weight excluding hydrogens is 258 g/mol. The van der Waals surface area contributed by atoms with Crippen molar-refractivity contribution >= 4 is 0 Å². The van der Waals surface area contributed by atoms with Crippen molar-refractivity contribution in [1.29, 1.82) is 0 Å². The van der Waals surface area contributed by atoms with Crippen molar-refractivity contribution in [3.63, 3.8) is 0 Å². The largest absolute Gasteiger partial charge is 0.489 e. The van der Waals surface area contributed by atoms with Crippen LogP contribution in [0.1, 0.15) is 64.9 Å². The highest BCUT2D eigenvalue weighted by atomic mass is 16.5. The van der Waals surface area contributed by atoms with Gasteiger partial charge < -0.3 is 10.1 Å². The van der Waals surface area contributed by atoms with Gasteiger partial charge in [0.1, 0.15) is 11.9 Å². The van der Waals surface area contributed by atoms with Gasteiger partial charge in [0.15, 0.2) is 0 Å². The summed E-state index contributed by atoms with van der Waals surface area (Å²) in [6, 6.07) is 9.12. The van der Waals surface area contributed by atoms with Crippen molar-refractivity contribution in [2.24, 2.45) is 5.92 Å². The first-order valence-corrected chi connectivity index (χ1v) is 8.64. The Morgan fingerprint density at radius 3 is 2.71 bits per heavy atom. The summed E-state index contributed by atoms with van der Waals surface area (Å²) in [4.78, 5) is 0. The van der Waals surface area contributed by atoms with Crippen molar-refractivity contribution in [3.05, 3.63) is 29.8 Å². The first-order valence-electron chi connectivity index (χ1n) is 8.64. The fraction of sp³-hybridized carbons (Fsp3) is 0.684. The summed E-state index contributed by atoms with van der Waals surface area (Å²) in [6.07, 6.45) is 5.33. The van der Waals surface area contributed by atoms with Crippen molar-refractivity contribution < 1.29 is 4.74 Å². The summed E-state index contributed by atoms with van der Waals surface area (Å²) in [5.74, 6) is 2.40. The van der Waals surface area contributed by atoms with E-state index in [4.69, 9.17) is 4.74 Å². The van der Waals surface area contributed by atoms with E-state index in [1.54, 1.807) is 0 Å². The van der Waals surface area contributed by atoms with Gasteiger partial charge in [-0.3, -0.25) is 0 Å². The van der Waals surface area contributed by atoms with Crippen LogP contribution in [0.25, 0.3) is 0 Å². The Morgan fingerprint density at radius 2 is 2.05 bits per heavy atom. The van der Waals surface area contributed by atoms with E-state index in [-0.39, 0.29) is 0 Å². The van der Waals surface area contributed by atoms with Gasteiger partial charge in [-0.1, -0.05) is 46.2 Å². The molecular formula is C19H31NO. The quantitative estimate of drug-likeness (QED) is 0.816. The monoisotopic (exact) mass is 289 g/mol. The molecule has 0 bridgehead atoms. The molecule has 0 spiro atoms. The van der Waals surface area contributed by atoms with Crippen LogP contribution in [-0.2, 0) is 0 Å². The van der Waals surface area contributed by atoms with Gasteiger partial charge >= 0.3 is 0 Å². The van der Waals surface area contributed by atoms with Crippen LogP contribution in [0.2, 0.25) is 0 Å². The van der Waals surface area contributed by atoms with E-state index in [2.05, 4.69) is 57.3 Å². The standard InChI is InChI=1S/C19H31NO/c1-5-15-10-11-18(20-6-2)19(12-15)21-17-9-7-8-16(13-17)14(3)4/h7-9,13-15,18-20H,5-6,10-12H2,1-4H3. The van der Waals surface area contributed by atoms with Crippen molar-refractivity contribution in [2.45, 2.75) is 71.4 Å². The van der Waals surface area contributed by atoms with E-state index in [1.807, 2.05) is 0 Å². The number of rotatable bonds is 6. The number of benzene rings is 1. The van der Waals surface area contributed by atoms with Gasteiger partial charge in [-0.2, -0.15) is 0 Å². The lowest BCUT2D eigenvalue weighted by Gasteiger charge is -2.36. The topological polar surface area (TPSA) is 21.3 Å². The summed E-state index contributed by atoms with van der Waals surface area (Å²) in [5, 5.41) is 3.61. The maximum atomic E-state index is 6.38. The second kappa shape index (κ2) is 7.84. The van der Waals surface area contributed by atoms with E-state index in [1.165, 1.54) is 31.2 Å². The Bertz CT molecular complexity index is 429. The lowest BCUT2D eigenvalue weighted by atomic mass is 9.82. The molecule has 0 aliphatic heterocycles. The minimum absolute atomic E-state index is 0.311. The molecule has 1 aromatic rings. The van der Waals surface area contributed by atoms with Crippen LogP contribution in [0, 0.1) is 5.92 Å². The van der Waals surface area contributed by atoms with E-state index in [0.29, 0.717) is 18.1 Å². The molecule has 0 saturated heterocycles. The summed E-state index contributed by atoms with van der Waals surface area (Å²) in [6.45, 7) is 9.97. The SMILES string of the molecule is CCNC1CCC(CC)CC1Oc1cccc(C(C)C)c1. The average molecular weight is 289 g/mol. The molecule has 3 atom stereocenters. The van der Waals surface area contributed by atoms with Gasteiger partial charge in [-0.15, -0.1) is 0 Å². The molecule has 1 aliphatic carbocycles. The first kappa shape index (κ1) is 16.4. The summed E-state index contributed by atoms with van der Waals surface area (Å²) >= 11 is 0. The fourth-order valence-corrected chi connectivity index (χ4v) is 3.33. The van der Waals surface area contributed by atoms with Crippen LogP contribution in [0.5, 0.6) is 5.75 Å². The molecule has 0 radical (unpaired) electrons. The zero-order valence-corrected chi connectivity index (χ0v) is 14.1. The van der Waals surface area contributed by atoms with Crippen molar-refractivity contribution in [1.82, 2.24) is 5.32 Å². The molecule has 118 valence electrons. The molecule has 1 aliphatic rings. The molecule has 0 heterocycles. The number of hydrogen-bond donors (Lipinski definition) is 1. The first-order chi connectivity index (χ1) is 10.1. The molecule has 1 aromatic carbocycles. The Kier molecular flexibility index (Phi) is 6.10. The zero-order valence-electron chi connectivity index (χ0n) is 14.1. The predicted octanol–water partition coefficient (Wildman–Crippen LogP) is 4.75. The molecule has 2 nitrogen and oxygen atoms in total. The van der Waals surface area contributed by atoms with Gasteiger partial charge in [-0.25, -0.2) is 0 Å². The van der Waals surface area contributed by atoms with Gasteiger partial charge in [0, 0.05) is 6.04 Å². The van der Waals surface area contributed by atoms with E-state index in [0.717, 1.165) is 18.2 Å². The second-order valence-corrected chi connectivity index (χ2v) is 6.63. The van der Waals surface area contributed by atoms with Crippen LogP contribution < -0.4 is 10.1 Å².